The van der Waals surface area contributed by atoms with Crippen molar-refractivity contribution in [1.29, 1.82) is 0 Å². The first-order valence-corrected chi connectivity index (χ1v) is 7.84. The maximum absolute atomic E-state index is 5.81. The van der Waals surface area contributed by atoms with Crippen molar-refractivity contribution in [2.24, 2.45) is 0 Å². The van der Waals surface area contributed by atoms with Crippen molar-refractivity contribution in [3.63, 3.8) is 0 Å². The third-order valence-corrected chi connectivity index (χ3v) is 3.85. The fourth-order valence-corrected chi connectivity index (χ4v) is 2.81. The van der Waals surface area contributed by atoms with Crippen LogP contribution in [0.1, 0.15) is 45.1 Å². The summed E-state index contributed by atoms with van der Waals surface area (Å²) in [5.41, 5.74) is 2.46. The van der Waals surface area contributed by atoms with Crippen LogP contribution in [-0.2, 0) is 4.74 Å². The summed E-state index contributed by atoms with van der Waals surface area (Å²) in [6, 6.07) is 6.80. The average molecular weight is 277 g/mol. The smallest absolute Gasteiger partial charge is 0.119 e. The Bertz CT molecular complexity index is 417. The molecule has 112 valence electrons. The summed E-state index contributed by atoms with van der Waals surface area (Å²) >= 11 is 0. The molecule has 0 radical (unpaired) electrons. The number of benzene rings is 1. The van der Waals surface area contributed by atoms with Gasteiger partial charge in [0.1, 0.15) is 5.75 Å². The fraction of sp³-hybridized carbons (Fsp3) is 0.647. The van der Waals surface area contributed by atoms with Gasteiger partial charge in [-0.2, -0.15) is 0 Å². The van der Waals surface area contributed by atoms with Crippen molar-refractivity contribution < 1.29 is 9.47 Å². The molecule has 2 atom stereocenters. The molecule has 1 saturated heterocycles. The van der Waals surface area contributed by atoms with Gasteiger partial charge in [0.05, 0.1) is 12.7 Å². The highest BCUT2D eigenvalue weighted by Crippen LogP contribution is 2.25. The lowest BCUT2D eigenvalue weighted by molar-refractivity contribution is 0.00597. The Morgan fingerprint density at radius 1 is 1.35 bits per heavy atom. The Morgan fingerprint density at radius 3 is 2.90 bits per heavy atom. The van der Waals surface area contributed by atoms with E-state index in [1.54, 1.807) is 0 Å². The van der Waals surface area contributed by atoms with Crippen molar-refractivity contribution in [3.8, 4) is 5.75 Å². The summed E-state index contributed by atoms with van der Waals surface area (Å²) in [6.45, 7) is 7.95. The first-order chi connectivity index (χ1) is 9.72. The van der Waals surface area contributed by atoms with Crippen LogP contribution in [0.25, 0.3) is 0 Å². The van der Waals surface area contributed by atoms with Crippen molar-refractivity contribution in [2.45, 2.75) is 58.6 Å². The molecule has 0 aliphatic carbocycles. The van der Waals surface area contributed by atoms with E-state index < -0.39 is 0 Å². The highest BCUT2D eigenvalue weighted by Gasteiger charge is 2.22. The molecule has 20 heavy (non-hydrogen) atoms. The maximum Gasteiger partial charge on any atom is 0.119 e. The molecule has 3 nitrogen and oxygen atoms in total. The van der Waals surface area contributed by atoms with Crippen LogP contribution in [0.3, 0.4) is 0 Å². The van der Waals surface area contributed by atoms with Crippen LogP contribution >= 0.6 is 0 Å². The summed E-state index contributed by atoms with van der Waals surface area (Å²) in [5.74, 6) is 0.950. The molecule has 0 bridgehead atoms. The number of nitrogens with one attached hydrogen (secondary N) is 1. The van der Waals surface area contributed by atoms with Crippen LogP contribution in [0, 0.1) is 6.92 Å². The van der Waals surface area contributed by atoms with Gasteiger partial charge >= 0.3 is 0 Å². The predicted octanol–water partition coefficient (Wildman–Crippen LogP) is 4.15. The van der Waals surface area contributed by atoms with E-state index in [2.05, 4.69) is 31.3 Å². The molecule has 1 aliphatic rings. The van der Waals surface area contributed by atoms with E-state index in [0.717, 1.165) is 25.2 Å². The molecule has 0 spiro atoms. The number of anilines is 1. The van der Waals surface area contributed by atoms with Gasteiger partial charge in [-0.05, 0) is 56.9 Å². The number of hydrogen-bond acceptors (Lipinski definition) is 3. The zero-order chi connectivity index (χ0) is 14.4. The van der Waals surface area contributed by atoms with Crippen LogP contribution in [0.4, 0.5) is 5.69 Å². The lowest BCUT2D eigenvalue weighted by atomic mass is 9.99. The first kappa shape index (κ1) is 15.2. The number of aryl methyl sites for hydroxylation is 1. The molecule has 2 rings (SSSR count). The Kier molecular flexibility index (Phi) is 5.72. The lowest BCUT2D eigenvalue weighted by Gasteiger charge is -2.31. The molecule has 1 aromatic carbocycles. The molecule has 0 amide bonds. The topological polar surface area (TPSA) is 30.5 Å². The Morgan fingerprint density at radius 2 is 2.20 bits per heavy atom. The van der Waals surface area contributed by atoms with Gasteiger partial charge in [0, 0.05) is 18.3 Å². The highest BCUT2D eigenvalue weighted by molar-refractivity contribution is 5.54. The second kappa shape index (κ2) is 7.53. The third-order valence-electron chi connectivity index (χ3n) is 3.85. The summed E-state index contributed by atoms with van der Waals surface area (Å²) in [7, 11) is 0. The molecule has 1 aromatic rings. The van der Waals surface area contributed by atoms with Crippen molar-refractivity contribution in [3.05, 3.63) is 23.8 Å². The van der Waals surface area contributed by atoms with Gasteiger partial charge in [0.2, 0.25) is 0 Å². The first-order valence-electron chi connectivity index (χ1n) is 7.84. The summed E-state index contributed by atoms with van der Waals surface area (Å²) in [6.07, 6.45) is 4.99. The molecule has 1 N–H and O–H groups in total. The zero-order valence-corrected chi connectivity index (χ0v) is 12.9. The molecule has 1 aliphatic heterocycles. The van der Waals surface area contributed by atoms with Gasteiger partial charge in [-0.15, -0.1) is 0 Å². The van der Waals surface area contributed by atoms with Gasteiger partial charge in [-0.1, -0.05) is 13.3 Å². The normalized spacial score (nSPS) is 22.6. The van der Waals surface area contributed by atoms with Gasteiger partial charge in [-0.25, -0.2) is 0 Å². The monoisotopic (exact) mass is 277 g/mol. The largest absolute Gasteiger partial charge is 0.494 e. The van der Waals surface area contributed by atoms with E-state index >= 15 is 0 Å². The van der Waals surface area contributed by atoms with Crippen molar-refractivity contribution in [2.75, 3.05) is 18.5 Å². The quantitative estimate of drug-likeness (QED) is 0.847. The Hall–Kier alpha value is -1.22. The average Bonchev–Trinajstić information content (AvgIpc) is 2.43. The lowest BCUT2D eigenvalue weighted by Crippen LogP contribution is -2.34. The molecule has 2 unspecified atom stereocenters. The Balaban J connectivity index is 1.95. The molecule has 0 aromatic heterocycles. The van der Waals surface area contributed by atoms with Crippen LogP contribution in [0.15, 0.2) is 18.2 Å². The minimum Gasteiger partial charge on any atom is -0.494 e. The Labute approximate surface area is 122 Å². The van der Waals surface area contributed by atoms with Crippen molar-refractivity contribution in [1.82, 2.24) is 0 Å². The van der Waals surface area contributed by atoms with E-state index in [4.69, 9.17) is 9.47 Å². The van der Waals surface area contributed by atoms with Crippen LogP contribution < -0.4 is 10.1 Å². The summed E-state index contributed by atoms with van der Waals surface area (Å²) < 4.78 is 11.3. The van der Waals surface area contributed by atoms with Crippen LogP contribution in [0.5, 0.6) is 5.75 Å². The summed E-state index contributed by atoms with van der Waals surface area (Å²) in [5, 5.41) is 3.67. The predicted molar refractivity (Wildman–Crippen MR) is 83.6 cm³/mol. The SMILES string of the molecule is CCCC1CC(Nc2ccc(OCC)cc2C)CCO1. The molecule has 1 heterocycles. The molecular weight excluding hydrogens is 250 g/mol. The second-order valence-electron chi connectivity index (χ2n) is 5.56. The zero-order valence-electron chi connectivity index (χ0n) is 12.9. The highest BCUT2D eigenvalue weighted by atomic mass is 16.5. The van der Waals surface area contributed by atoms with E-state index in [9.17, 15) is 0 Å². The van der Waals surface area contributed by atoms with Crippen LogP contribution in [0.2, 0.25) is 0 Å². The summed E-state index contributed by atoms with van der Waals surface area (Å²) in [4.78, 5) is 0. The number of hydrogen-bond donors (Lipinski definition) is 1. The molecular formula is C17H27NO2. The minimum absolute atomic E-state index is 0.425. The standard InChI is InChI=1S/C17H27NO2/c1-4-6-15-12-14(9-10-20-15)18-17-8-7-16(19-5-2)11-13(17)3/h7-8,11,14-15,18H,4-6,9-10,12H2,1-3H3. The number of rotatable bonds is 6. The molecule has 1 fully saturated rings. The van der Waals surface area contributed by atoms with E-state index in [1.807, 2.05) is 13.0 Å². The van der Waals surface area contributed by atoms with Gasteiger partial charge < -0.3 is 14.8 Å². The van der Waals surface area contributed by atoms with Gasteiger partial charge in [0.15, 0.2) is 0 Å². The maximum atomic E-state index is 5.81. The van der Waals surface area contributed by atoms with Gasteiger partial charge in [-0.3, -0.25) is 0 Å². The van der Waals surface area contributed by atoms with E-state index in [-0.39, 0.29) is 0 Å². The van der Waals surface area contributed by atoms with Crippen LogP contribution in [-0.4, -0.2) is 25.4 Å². The third kappa shape index (κ3) is 4.14. The fourth-order valence-electron chi connectivity index (χ4n) is 2.81. The minimum atomic E-state index is 0.425. The van der Waals surface area contributed by atoms with Crippen molar-refractivity contribution >= 4 is 5.69 Å². The second-order valence-corrected chi connectivity index (χ2v) is 5.56. The van der Waals surface area contributed by atoms with E-state index in [1.165, 1.54) is 24.1 Å². The number of ether oxygens (including phenoxy) is 2. The van der Waals surface area contributed by atoms with Gasteiger partial charge in [0.25, 0.3) is 0 Å². The molecule has 0 saturated carbocycles. The van der Waals surface area contributed by atoms with E-state index in [0.29, 0.717) is 18.8 Å². The molecule has 3 heteroatoms.